The second-order valence-electron chi connectivity index (χ2n) is 5.84. The molecule has 1 heterocycles. The van der Waals surface area contributed by atoms with Crippen molar-refractivity contribution in [1.82, 2.24) is 4.98 Å². The molecular weight excluding hydrogens is 369 g/mol. The minimum Gasteiger partial charge on any atom is -0.495 e. The predicted octanol–water partition coefficient (Wildman–Crippen LogP) is 5.19. The Hall–Kier alpha value is -3.12. The fraction of sp³-hybridized carbons (Fsp3) is 0.100. The van der Waals surface area contributed by atoms with Crippen LogP contribution in [0.15, 0.2) is 54.7 Å². The molecule has 138 valence electrons. The van der Waals surface area contributed by atoms with Crippen LogP contribution < -0.4 is 15.4 Å². The summed E-state index contributed by atoms with van der Waals surface area (Å²) in [5.74, 6) is 0.285. The van der Waals surface area contributed by atoms with E-state index in [-0.39, 0.29) is 10.9 Å². The van der Waals surface area contributed by atoms with Gasteiger partial charge in [0.05, 0.1) is 23.4 Å². The van der Waals surface area contributed by atoms with Gasteiger partial charge in [-0.15, -0.1) is 0 Å². The maximum Gasteiger partial charge on any atom is 0.257 e. The Balaban J connectivity index is 1.72. The van der Waals surface area contributed by atoms with Crippen LogP contribution in [0.3, 0.4) is 0 Å². The molecule has 0 radical (unpaired) electrons. The van der Waals surface area contributed by atoms with Gasteiger partial charge in [-0.25, -0.2) is 9.37 Å². The molecule has 0 spiro atoms. The summed E-state index contributed by atoms with van der Waals surface area (Å²) in [6.07, 6.45) is 1.45. The molecule has 0 bridgehead atoms. The topological polar surface area (TPSA) is 63.2 Å². The zero-order valence-electron chi connectivity index (χ0n) is 14.7. The average molecular weight is 386 g/mol. The molecule has 27 heavy (non-hydrogen) atoms. The fourth-order valence-corrected chi connectivity index (χ4v) is 2.62. The monoisotopic (exact) mass is 385 g/mol. The lowest BCUT2D eigenvalue weighted by molar-refractivity contribution is 0.102. The lowest BCUT2D eigenvalue weighted by Gasteiger charge is -2.11. The van der Waals surface area contributed by atoms with Crippen molar-refractivity contribution in [3.8, 4) is 5.75 Å². The zero-order chi connectivity index (χ0) is 19.4. The molecule has 0 aliphatic carbocycles. The van der Waals surface area contributed by atoms with Crippen LogP contribution in [-0.2, 0) is 0 Å². The summed E-state index contributed by atoms with van der Waals surface area (Å²) < 4.78 is 18.5. The zero-order valence-corrected chi connectivity index (χ0v) is 15.5. The standard InChI is InChI=1S/C20H17ClFN3O2/c1-12-3-7-18(27-2)17(9-12)25-20(26)13-4-8-19(23-11-13)24-14-5-6-16(22)15(21)10-14/h3-11H,1-2H3,(H,23,24)(H,25,26). The fourth-order valence-electron chi connectivity index (χ4n) is 2.44. The molecular formula is C20H17ClFN3O2. The number of hydrogen-bond acceptors (Lipinski definition) is 4. The summed E-state index contributed by atoms with van der Waals surface area (Å²) in [6, 6.07) is 13.1. The van der Waals surface area contributed by atoms with Crippen LogP contribution in [0.1, 0.15) is 15.9 Å². The summed E-state index contributed by atoms with van der Waals surface area (Å²) in [5.41, 5.74) is 2.57. The molecule has 1 amide bonds. The third kappa shape index (κ3) is 4.54. The van der Waals surface area contributed by atoms with Gasteiger partial charge >= 0.3 is 0 Å². The van der Waals surface area contributed by atoms with Crippen LogP contribution in [-0.4, -0.2) is 18.0 Å². The van der Waals surface area contributed by atoms with Gasteiger partial charge in [-0.1, -0.05) is 17.7 Å². The first-order valence-corrected chi connectivity index (χ1v) is 8.48. The van der Waals surface area contributed by atoms with Crippen molar-refractivity contribution in [2.75, 3.05) is 17.7 Å². The Morgan fingerprint density at radius 1 is 1.15 bits per heavy atom. The number of pyridine rings is 1. The summed E-state index contributed by atoms with van der Waals surface area (Å²) in [7, 11) is 1.55. The van der Waals surface area contributed by atoms with Gasteiger partial charge in [0, 0.05) is 11.9 Å². The van der Waals surface area contributed by atoms with E-state index in [1.807, 2.05) is 19.1 Å². The second kappa shape index (κ2) is 8.05. The highest BCUT2D eigenvalue weighted by molar-refractivity contribution is 6.31. The quantitative estimate of drug-likeness (QED) is 0.634. The number of benzene rings is 2. The molecule has 0 unspecified atom stereocenters. The summed E-state index contributed by atoms with van der Waals surface area (Å²) >= 11 is 5.76. The normalized spacial score (nSPS) is 10.4. The number of nitrogens with zero attached hydrogens (tertiary/aromatic N) is 1. The van der Waals surface area contributed by atoms with Crippen LogP contribution in [0.5, 0.6) is 5.75 Å². The number of aromatic nitrogens is 1. The number of anilines is 3. The van der Waals surface area contributed by atoms with E-state index in [1.165, 1.54) is 18.3 Å². The molecule has 2 aromatic carbocycles. The van der Waals surface area contributed by atoms with Crippen molar-refractivity contribution in [2.45, 2.75) is 6.92 Å². The molecule has 0 aliphatic heterocycles. The summed E-state index contributed by atoms with van der Waals surface area (Å²) in [4.78, 5) is 16.7. The van der Waals surface area contributed by atoms with Crippen molar-refractivity contribution >= 4 is 34.7 Å². The van der Waals surface area contributed by atoms with E-state index in [0.717, 1.165) is 5.56 Å². The Morgan fingerprint density at radius 2 is 1.96 bits per heavy atom. The second-order valence-corrected chi connectivity index (χ2v) is 6.25. The highest BCUT2D eigenvalue weighted by Gasteiger charge is 2.11. The summed E-state index contributed by atoms with van der Waals surface area (Å²) in [6.45, 7) is 1.93. The van der Waals surface area contributed by atoms with Gasteiger partial charge in [0.25, 0.3) is 5.91 Å². The lowest BCUT2D eigenvalue weighted by Crippen LogP contribution is -2.13. The maximum absolute atomic E-state index is 13.2. The number of rotatable bonds is 5. The number of halogens is 2. The van der Waals surface area contributed by atoms with Gasteiger partial charge in [0.15, 0.2) is 0 Å². The smallest absolute Gasteiger partial charge is 0.257 e. The molecule has 3 aromatic rings. The van der Waals surface area contributed by atoms with Crippen molar-refractivity contribution in [3.05, 3.63) is 76.7 Å². The molecule has 0 saturated carbocycles. The van der Waals surface area contributed by atoms with E-state index < -0.39 is 5.82 Å². The first kappa shape index (κ1) is 18.7. The van der Waals surface area contributed by atoms with Crippen molar-refractivity contribution in [2.24, 2.45) is 0 Å². The summed E-state index contributed by atoms with van der Waals surface area (Å²) in [5, 5.41) is 5.83. The molecule has 0 atom stereocenters. The molecule has 5 nitrogen and oxygen atoms in total. The predicted molar refractivity (Wildman–Crippen MR) is 105 cm³/mol. The SMILES string of the molecule is COc1ccc(C)cc1NC(=O)c1ccc(Nc2ccc(F)c(Cl)c2)nc1. The van der Waals surface area contributed by atoms with Gasteiger partial charge in [-0.3, -0.25) is 4.79 Å². The third-order valence-electron chi connectivity index (χ3n) is 3.82. The van der Waals surface area contributed by atoms with Crippen LogP contribution in [0.25, 0.3) is 0 Å². The molecule has 2 N–H and O–H groups in total. The van der Waals surface area contributed by atoms with Crippen molar-refractivity contribution in [1.29, 1.82) is 0 Å². The Bertz CT molecular complexity index is 977. The number of methoxy groups -OCH3 is 1. The van der Waals surface area contributed by atoms with Crippen LogP contribution in [0.4, 0.5) is 21.6 Å². The highest BCUT2D eigenvalue weighted by atomic mass is 35.5. The number of hydrogen-bond donors (Lipinski definition) is 2. The maximum atomic E-state index is 13.2. The number of carbonyl (C=O) groups excluding carboxylic acids is 1. The molecule has 7 heteroatoms. The number of nitrogens with one attached hydrogen (secondary N) is 2. The Kier molecular flexibility index (Phi) is 5.57. The van der Waals surface area contributed by atoms with Crippen LogP contribution in [0, 0.1) is 12.7 Å². The molecule has 1 aromatic heterocycles. The van der Waals surface area contributed by atoms with E-state index in [9.17, 15) is 9.18 Å². The van der Waals surface area contributed by atoms with Crippen molar-refractivity contribution in [3.63, 3.8) is 0 Å². The van der Waals surface area contributed by atoms with Gasteiger partial charge in [0.2, 0.25) is 0 Å². The van der Waals surface area contributed by atoms with Crippen LogP contribution in [0.2, 0.25) is 5.02 Å². The lowest BCUT2D eigenvalue weighted by atomic mass is 10.2. The van der Waals surface area contributed by atoms with E-state index in [4.69, 9.17) is 16.3 Å². The van der Waals surface area contributed by atoms with E-state index in [0.29, 0.717) is 28.5 Å². The van der Waals surface area contributed by atoms with Gasteiger partial charge in [-0.2, -0.15) is 0 Å². The first-order valence-electron chi connectivity index (χ1n) is 8.10. The molecule has 0 saturated heterocycles. The number of ether oxygens (including phenoxy) is 1. The largest absolute Gasteiger partial charge is 0.495 e. The van der Waals surface area contributed by atoms with Gasteiger partial charge in [0.1, 0.15) is 17.4 Å². The average Bonchev–Trinajstić information content (AvgIpc) is 2.65. The Labute approximate surface area is 161 Å². The van der Waals surface area contributed by atoms with Crippen molar-refractivity contribution < 1.29 is 13.9 Å². The Morgan fingerprint density at radius 3 is 2.63 bits per heavy atom. The molecule has 0 aliphatic rings. The number of amides is 1. The minimum atomic E-state index is -0.492. The van der Waals surface area contributed by atoms with Gasteiger partial charge in [-0.05, 0) is 55.0 Å². The number of carbonyl (C=O) groups is 1. The number of aryl methyl sites for hydroxylation is 1. The minimum absolute atomic E-state index is 0.0168. The molecule has 3 rings (SSSR count). The molecule has 0 fully saturated rings. The third-order valence-corrected chi connectivity index (χ3v) is 4.11. The van der Waals surface area contributed by atoms with Gasteiger partial charge < -0.3 is 15.4 Å². The van der Waals surface area contributed by atoms with Crippen LogP contribution >= 0.6 is 11.6 Å². The van der Waals surface area contributed by atoms with E-state index >= 15 is 0 Å². The highest BCUT2D eigenvalue weighted by Crippen LogP contribution is 2.26. The van der Waals surface area contributed by atoms with E-state index in [2.05, 4.69) is 15.6 Å². The van der Waals surface area contributed by atoms with E-state index in [1.54, 1.807) is 31.4 Å². The first-order chi connectivity index (χ1) is 13.0.